The Morgan fingerprint density at radius 1 is 2.00 bits per heavy atom. The standard InChI is InChI=1S/C2N.W/c1-3-2;/q-1;. The second-order valence-corrected chi connectivity index (χ2v) is 0.859. The van der Waals surface area contributed by atoms with Gasteiger partial charge in [-0.15, -0.1) is 0 Å². The van der Waals surface area contributed by atoms with Crippen LogP contribution in [0.3, 0.4) is 0 Å². The first-order valence-corrected chi connectivity index (χ1v) is 2.12. The zero-order chi connectivity index (χ0) is 3.41. The molecular formula is C2NW-. The van der Waals surface area contributed by atoms with Crippen LogP contribution in [0.4, 0.5) is 0 Å². The van der Waals surface area contributed by atoms with Crippen molar-refractivity contribution in [3.8, 4) is 0 Å². The SMILES string of the molecule is [C-]#[N+][C-]=[W]. The topological polar surface area (TPSA) is 4.36 Å². The normalized spacial score (nSPS) is 3.75. The summed E-state index contributed by atoms with van der Waals surface area (Å²) >= 11 is 1.10. The summed E-state index contributed by atoms with van der Waals surface area (Å²) in [4.78, 5) is 2.77. The van der Waals surface area contributed by atoms with Crippen molar-refractivity contribution in [1.29, 1.82) is 0 Å². The average molecular weight is 222 g/mol. The fourth-order valence-electron chi connectivity index (χ4n) is 0. The molecule has 0 spiro atoms. The number of rotatable bonds is 0. The minimum absolute atomic E-state index is 1.10. The Bertz CT molecular complexity index is 51.5. The summed E-state index contributed by atoms with van der Waals surface area (Å²) in [6, 6.07) is 0. The van der Waals surface area contributed by atoms with Gasteiger partial charge in [-0.1, -0.05) is 0 Å². The van der Waals surface area contributed by atoms with E-state index in [9.17, 15) is 0 Å². The van der Waals surface area contributed by atoms with Crippen molar-refractivity contribution in [1.82, 2.24) is 0 Å². The molecule has 1 nitrogen and oxygen atoms in total. The maximum atomic E-state index is 5.99. The summed E-state index contributed by atoms with van der Waals surface area (Å²) in [5.41, 5.74) is 0. The zero-order valence-corrected chi connectivity index (χ0v) is 4.79. The van der Waals surface area contributed by atoms with Crippen LogP contribution < -0.4 is 0 Å². The molecule has 0 saturated heterocycles. The fourth-order valence-corrected chi connectivity index (χ4v) is 0. The number of nitrogens with zero attached hydrogens (tertiary/aromatic N) is 1. The summed E-state index contributed by atoms with van der Waals surface area (Å²) < 4.78 is 2.31. The van der Waals surface area contributed by atoms with Gasteiger partial charge in [-0.2, -0.15) is 0 Å². The summed E-state index contributed by atoms with van der Waals surface area (Å²) in [5.74, 6) is 0. The van der Waals surface area contributed by atoms with Gasteiger partial charge in [0.05, 0.1) is 0 Å². The predicted octanol–water partition coefficient (Wildman–Crippen LogP) is 0.0892. The Kier molecular flexibility index (Phi) is 3.09. The van der Waals surface area contributed by atoms with Gasteiger partial charge in [0.25, 0.3) is 0 Å². The summed E-state index contributed by atoms with van der Waals surface area (Å²) in [7, 11) is 0. The molecule has 0 atom stereocenters. The van der Waals surface area contributed by atoms with E-state index >= 15 is 0 Å². The molecule has 0 aromatic rings. The molecule has 0 aromatic carbocycles. The van der Waals surface area contributed by atoms with Gasteiger partial charge < -0.3 is 0 Å². The van der Waals surface area contributed by atoms with Crippen LogP contribution in [0.5, 0.6) is 0 Å². The Balaban J connectivity index is 2.92. The van der Waals surface area contributed by atoms with Gasteiger partial charge in [-0.3, -0.25) is 0 Å². The van der Waals surface area contributed by atoms with Gasteiger partial charge in [0.2, 0.25) is 0 Å². The van der Waals surface area contributed by atoms with Crippen molar-refractivity contribution in [3.05, 3.63) is 11.4 Å². The van der Waals surface area contributed by atoms with E-state index in [1.807, 2.05) is 0 Å². The van der Waals surface area contributed by atoms with Crippen LogP contribution in [0.15, 0.2) is 0 Å². The minimum atomic E-state index is 1.10. The van der Waals surface area contributed by atoms with Gasteiger partial charge in [0.1, 0.15) is 0 Å². The maximum absolute atomic E-state index is 5.99. The Morgan fingerprint density at radius 3 is 2.25 bits per heavy atom. The average Bonchev–Trinajstić information content (AvgIpc) is 1.37. The van der Waals surface area contributed by atoms with Crippen LogP contribution in [0.2, 0.25) is 0 Å². The molecule has 2 heteroatoms. The number of hydrogen-bond acceptors (Lipinski definition) is 0. The van der Waals surface area contributed by atoms with Gasteiger partial charge in [-0.25, -0.2) is 0 Å². The molecule has 0 bridgehead atoms. The molecular weight excluding hydrogens is 222 g/mol. The molecule has 0 heterocycles. The van der Waals surface area contributed by atoms with Crippen LogP contribution in [0.1, 0.15) is 0 Å². The first-order valence-electron chi connectivity index (χ1n) is 0.651. The molecule has 0 unspecified atom stereocenters. The zero-order valence-electron chi connectivity index (χ0n) is 1.86. The quantitative estimate of drug-likeness (QED) is 0.511. The van der Waals surface area contributed by atoms with Crippen LogP contribution in [-0.4, -0.2) is 4.52 Å². The van der Waals surface area contributed by atoms with E-state index in [4.69, 9.17) is 6.57 Å². The van der Waals surface area contributed by atoms with E-state index in [1.54, 1.807) is 0 Å². The molecule has 0 aliphatic rings. The predicted molar refractivity (Wildman–Crippen MR) is 11.6 cm³/mol. The van der Waals surface area contributed by atoms with Crippen molar-refractivity contribution in [3.63, 3.8) is 0 Å². The fraction of sp³-hybridized carbons (Fsp3) is 0. The molecule has 0 N–H and O–H groups in total. The van der Waals surface area contributed by atoms with Crippen LogP contribution in [-0.2, 0) is 19.4 Å². The number of hydrogen-bond donors (Lipinski definition) is 0. The van der Waals surface area contributed by atoms with Crippen LogP contribution >= 0.6 is 0 Å². The first-order chi connectivity index (χ1) is 1.91. The van der Waals surface area contributed by atoms with Crippen molar-refractivity contribution in [2.45, 2.75) is 0 Å². The molecule has 0 aromatic heterocycles. The van der Waals surface area contributed by atoms with Crippen molar-refractivity contribution in [2.75, 3.05) is 0 Å². The third-order valence-electron chi connectivity index (χ3n) is 0.0456. The van der Waals surface area contributed by atoms with Crippen molar-refractivity contribution < 1.29 is 19.4 Å². The molecule has 4 heavy (non-hydrogen) atoms. The molecule has 0 amide bonds. The molecule has 20 valence electrons. The van der Waals surface area contributed by atoms with E-state index in [2.05, 4.69) is 9.37 Å². The molecule has 0 radical (unpaired) electrons. The molecule has 0 aliphatic carbocycles. The molecule has 0 aliphatic heterocycles. The van der Waals surface area contributed by atoms with Crippen molar-refractivity contribution >= 4 is 4.52 Å². The molecule has 0 fully saturated rings. The van der Waals surface area contributed by atoms with Gasteiger partial charge in [0, 0.05) is 0 Å². The molecule has 0 saturated carbocycles. The Hall–Kier alpha value is 0.0483. The van der Waals surface area contributed by atoms with E-state index in [0.29, 0.717) is 0 Å². The summed E-state index contributed by atoms with van der Waals surface area (Å²) in [6.07, 6.45) is 0. The third-order valence-corrected chi connectivity index (χ3v) is 0.374. The van der Waals surface area contributed by atoms with E-state index in [1.165, 1.54) is 0 Å². The van der Waals surface area contributed by atoms with E-state index in [0.717, 1.165) is 19.4 Å². The van der Waals surface area contributed by atoms with Gasteiger partial charge in [0.15, 0.2) is 0 Å². The molecule has 0 rings (SSSR count). The Morgan fingerprint density at radius 2 is 2.25 bits per heavy atom. The van der Waals surface area contributed by atoms with Crippen LogP contribution in [0.25, 0.3) is 4.85 Å². The van der Waals surface area contributed by atoms with E-state index < -0.39 is 0 Å². The Labute approximate surface area is 35.9 Å². The van der Waals surface area contributed by atoms with Gasteiger partial charge >= 0.3 is 35.3 Å². The van der Waals surface area contributed by atoms with Gasteiger partial charge in [-0.05, 0) is 0 Å². The van der Waals surface area contributed by atoms with Crippen LogP contribution in [0, 0.1) is 6.57 Å². The summed E-state index contributed by atoms with van der Waals surface area (Å²) in [6.45, 7) is 5.99. The monoisotopic (exact) mass is 222 g/mol. The second-order valence-electron chi connectivity index (χ2n) is 0.203. The van der Waals surface area contributed by atoms with E-state index in [-0.39, 0.29) is 0 Å². The summed E-state index contributed by atoms with van der Waals surface area (Å²) in [5, 5.41) is 0. The van der Waals surface area contributed by atoms with Crippen molar-refractivity contribution in [2.24, 2.45) is 0 Å². The third kappa shape index (κ3) is 2.05. The second kappa shape index (κ2) is 3.05. The first kappa shape index (κ1) is 4.05.